The van der Waals surface area contributed by atoms with Gasteiger partial charge in [-0.15, -0.1) is 10.2 Å². The number of aromatic nitrogens is 3. The van der Waals surface area contributed by atoms with Crippen molar-refractivity contribution in [2.24, 2.45) is 0 Å². The molecule has 0 unspecified atom stereocenters. The Morgan fingerprint density at radius 3 is 2.92 bits per heavy atom. The summed E-state index contributed by atoms with van der Waals surface area (Å²) in [4.78, 5) is 13.9. The van der Waals surface area contributed by atoms with Gasteiger partial charge in [0.15, 0.2) is 11.5 Å². The highest BCUT2D eigenvalue weighted by Crippen LogP contribution is 2.19. The van der Waals surface area contributed by atoms with Crippen molar-refractivity contribution >= 4 is 22.6 Å². The van der Waals surface area contributed by atoms with Gasteiger partial charge in [-0.3, -0.25) is 4.40 Å². The van der Waals surface area contributed by atoms with Crippen molar-refractivity contribution in [2.45, 2.75) is 13.1 Å². The second kappa shape index (κ2) is 6.27. The van der Waals surface area contributed by atoms with E-state index in [4.69, 9.17) is 4.42 Å². The van der Waals surface area contributed by atoms with E-state index in [-0.39, 0.29) is 6.03 Å². The zero-order valence-electron chi connectivity index (χ0n) is 13.7. The highest BCUT2D eigenvalue weighted by atomic mass is 16.3. The minimum absolute atomic E-state index is 0.201. The van der Waals surface area contributed by atoms with Gasteiger partial charge in [0, 0.05) is 18.6 Å². The highest BCUT2D eigenvalue weighted by Gasteiger charge is 2.13. The molecule has 0 saturated heterocycles. The molecule has 3 aromatic heterocycles. The summed E-state index contributed by atoms with van der Waals surface area (Å²) < 4.78 is 7.60. The molecule has 0 spiro atoms. The van der Waals surface area contributed by atoms with Crippen LogP contribution in [0, 0.1) is 0 Å². The number of hydrogen-bond acceptors (Lipinski definition) is 4. The molecule has 0 atom stereocenters. The van der Waals surface area contributed by atoms with E-state index >= 15 is 0 Å². The van der Waals surface area contributed by atoms with Gasteiger partial charge in [-0.25, -0.2) is 4.79 Å². The van der Waals surface area contributed by atoms with Crippen LogP contribution in [0.5, 0.6) is 0 Å². The molecule has 2 amide bonds. The van der Waals surface area contributed by atoms with Crippen molar-refractivity contribution in [3.63, 3.8) is 0 Å². The molecular weight excluding hydrogens is 318 g/mol. The van der Waals surface area contributed by atoms with Crippen molar-refractivity contribution in [2.75, 3.05) is 7.05 Å². The molecule has 0 aliphatic rings. The lowest BCUT2D eigenvalue weighted by Gasteiger charge is -2.16. The highest BCUT2D eigenvalue weighted by molar-refractivity contribution is 5.78. The van der Waals surface area contributed by atoms with Crippen molar-refractivity contribution in [1.82, 2.24) is 24.8 Å². The van der Waals surface area contributed by atoms with Crippen LogP contribution in [0.25, 0.3) is 16.6 Å². The lowest BCUT2D eigenvalue weighted by atomic mass is 10.2. The van der Waals surface area contributed by atoms with Crippen molar-refractivity contribution < 1.29 is 9.21 Å². The fraction of sp³-hybridized carbons (Fsp3) is 0.167. The van der Waals surface area contributed by atoms with E-state index in [1.54, 1.807) is 11.9 Å². The Kier molecular flexibility index (Phi) is 3.81. The van der Waals surface area contributed by atoms with E-state index in [2.05, 4.69) is 15.5 Å². The molecule has 0 fully saturated rings. The summed E-state index contributed by atoms with van der Waals surface area (Å²) in [5.74, 6) is 1.42. The molecule has 0 radical (unpaired) electrons. The van der Waals surface area contributed by atoms with Gasteiger partial charge in [0.1, 0.15) is 11.3 Å². The average Bonchev–Trinajstić information content (AvgIpc) is 3.22. The van der Waals surface area contributed by atoms with Crippen LogP contribution >= 0.6 is 0 Å². The smallest absolute Gasteiger partial charge is 0.317 e. The van der Waals surface area contributed by atoms with Crippen LogP contribution in [0.1, 0.15) is 11.6 Å². The number of para-hydroxylation sites is 1. The predicted octanol–water partition coefficient (Wildman–Crippen LogP) is 2.82. The lowest BCUT2D eigenvalue weighted by Crippen LogP contribution is -2.36. The third kappa shape index (κ3) is 3.03. The zero-order chi connectivity index (χ0) is 17.2. The number of urea groups is 1. The molecule has 0 aliphatic heterocycles. The Morgan fingerprint density at radius 1 is 1.20 bits per heavy atom. The van der Waals surface area contributed by atoms with E-state index in [1.807, 2.05) is 59.1 Å². The Labute approximate surface area is 143 Å². The van der Waals surface area contributed by atoms with Crippen LogP contribution in [0.4, 0.5) is 4.79 Å². The normalized spacial score (nSPS) is 11.1. The molecular formula is C18H17N5O2. The number of carbonyl (C=O) groups is 1. The van der Waals surface area contributed by atoms with Crippen molar-refractivity contribution in [3.8, 4) is 0 Å². The fourth-order valence-corrected chi connectivity index (χ4v) is 2.72. The SMILES string of the molecule is CN(Cc1cc2ccccc2o1)C(=O)NCc1nnc2ccccn12. The maximum Gasteiger partial charge on any atom is 0.317 e. The van der Waals surface area contributed by atoms with E-state index < -0.39 is 0 Å². The van der Waals surface area contributed by atoms with Crippen LogP contribution < -0.4 is 5.32 Å². The number of amides is 2. The molecule has 0 aliphatic carbocycles. The van der Waals surface area contributed by atoms with Crippen molar-refractivity contribution in [1.29, 1.82) is 0 Å². The standard InChI is InChI=1S/C18H17N5O2/c1-22(12-14-10-13-6-2-3-7-15(13)25-14)18(24)19-11-17-21-20-16-8-4-5-9-23(16)17/h2-10H,11-12H2,1H3,(H,19,24). The van der Waals surface area contributed by atoms with Gasteiger partial charge in [0.25, 0.3) is 0 Å². The number of fused-ring (bicyclic) bond motifs is 2. The van der Waals surface area contributed by atoms with Gasteiger partial charge in [-0.2, -0.15) is 0 Å². The molecule has 4 rings (SSSR count). The molecule has 3 heterocycles. The van der Waals surface area contributed by atoms with E-state index in [1.165, 1.54) is 0 Å². The minimum Gasteiger partial charge on any atom is -0.459 e. The number of nitrogens with one attached hydrogen (secondary N) is 1. The largest absolute Gasteiger partial charge is 0.459 e. The second-order valence-corrected chi connectivity index (χ2v) is 5.81. The monoisotopic (exact) mass is 335 g/mol. The predicted molar refractivity (Wildman–Crippen MR) is 92.9 cm³/mol. The topological polar surface area (TPSA) is 75.7 Å². The quantitative estimate of drug-likeness (QED) is 0.622. The Morgan fingerprint density at radius 2 is 2.04 bits per heavy atom. The first-order chi connectivity index (χ1) is 12.2. The summed E-state index contributed by atoms with van der Waals surface area (Å²) >= 11 is 0. The number of furan rings is 1. The summed E-state index contributed by atoms with van der Waals surface area (Å²) in [6.07, 6.45) is 1.87. The van der Waals surface area contributed by atoms with Gasteiger partial charge in [-0.05, 0) is 24.3 Å². The lowest BCUT2D eigenvalue weighted by molar-refractivity contribution is 0.202. The van der Waals surface area contributed by atoms with E-state index in [0.29, 0.717) is 18.9 Å². The van der Waals surface area contributed by atoms with Gasteiger partial charge in [0.2, 0.25) is 0 Å². The molecule has 126 valence electrons. The van der Waals surface area contributed by atoms with Gasteiger partial charge in [0.05, 0.1) is 13.1 Å². The molecule has 0 saturated carbocycles. The molecule has 7 heteroatoms. The van der Waals surface area contributed by atoms with E-state index in [9.17, 15) is 4.79 Å². The van der Waals surface area contributed by atoms with Crippen molar-refractivity contribution in [3.05, 3.63) is 66.3 Å². The molecule has 7 nitrogen and oxygen atoms in total. The molecule has 1 aromatic carbocycles. The third-order valence-electron chi connectivity index (χ3n) is 4.00. The fourth-order valence-electron chi connectivity index (χ4n) is 2.72. The van der Waals surface area contributed by atoms with Crippen LogP contribution in [-0.4, -0.2) is 32.6 Å². The van der Waals surface area contributed by atoms with Gasteiger partial charge in [-0.1, -0.05) is 24.3 Å². The van der Waals surface area contributed by atoms with Gasteiger partial charge < -0.3 is 14.6 Å². The average molecular weight is 335 g/mol. The van der Waals surface area contributed by atoms with Gasteiger partial charge >= 0.3 is 6.03 Å². The number of benzene rings is 1. The third-order valence-corrected chi connectivity index (χ3v) is 4.00. The minimum atomic E-state index is -0.201. The summed E-state index contributed by atoms with van der Waals surface area (Å²) in [5, 5.41) is 12.0. The van der Waals surface area contributed by atoms with Crippen LogP contribution in [0.2, 0.25) is 0 Å². The van der Waals surface area contributed by atoms with Crippen LogP contribution in [0.15, 0.2) is 59.1 Å². The first kappa shape index (κ1) is 15.2. The zero-order valence-corrected chi connectivity index (χ0v) is 13.7. The Hall–Kier alpha value is -3.35. The summed E-state index contributed by atoms with van der Waals surface area (Å²) in [6, 6.07) is 15.2. The maximum absolute atomic E-state index is 12.3. The first-order valence-electron chi connectivity index (χ1n) is 7.96. The summed E-state index contributed by atoms with van der Waals surface area (Å²) in [5.41, 5.74) is 1.57. The molecule has 1 N–H and O–H groups in total. The van der Waals surface area contributed by atoms with Crippen LogP contribution in [-0.2, 0) is 13.1 Å². The summed E-state index contributed by atoms with van der Waals surface area (Å²) in [6.45, 7) is 0.690. The summed E-state index contributed by atoms with van der Waals surface area (Å²) in [7, 11) is 1.73. The number of hydrogen-bond donors (Lipinski definition) is 1. The Bertz CT molecular complexity index is 1000. The number of pyridine rings is 1. The molecule has 25 heavy (non-hydrogen) atoms. The number of nitrogens with zero attached hydrogens (tertiary/aromatic N) is 4. The Balaban J connectivity index is 1.40. The second-order valence-electron chi connectivity index (χ2n) is 5.81. The first-order valence-corrected chi connectivity index (χ1v) is 7.96. The number of carbonyl (C=O) groups excluding carboxylic acids is 1. The number of rotatable bonds is 4. The molecule has 4 aromatic rings. The molecule has 0 bridgehead atoms. The van der Waals surface area contributed by atoms with Crippen LogP contribution in [0.3, 0.4) is 0 Å². The maximum atomic E-state index is 12.3. The van der Waals surface area contributed by atoms with E-state index in [0.717, 1.165) is 22.4 Å².